The van der Waals surface area contributed by atoms with E-state index in [1.807, 2.05) is 0 Å². The van der Waals surface area contributed by atoms with E-state index in [1.165, 1.54) is 24.0 Å². The molecule has 5 N–H and O–H groups in total. The molecule has 1 aliphatic rings. The molecular formula is C25H42N2O4. The Kier molecular flexibility index (Phi) is 10.7. The maximum absolute atomic E-state index is 12.2. The van der Waals surface area contributed by atoms with Crippen molar-refractivity contribution in [2.75, 3.05) is 6.54 Å². The van der Waals surface area contributed by atoms with E-state index in [0.29, 0.717) is 24.3 Å². The number of carboxylic acid groups (broad SMARTS) is 1. The van der Waals surface area contributed by atoms with Crippen LogP contribution < -0.4 is 11.1 Å². The number of benzene rings is 1. The highest BCUT2D eigenvalue weighted by atomic mass is 16.4. The van der Waals surface area contributed by atoms with Crippen LogP contribution in [0.25, 0.3) is 0 Å². The fourth-order valence-electron chi connectivity index (χ4n) is 4.15. The van der Waals surface area contributed by atoms with E-state index in [-0.39, 0.29) is 11.3 Å². The van der Waals surface area contributed by atoms with Gasteiger partial charge in [0, 0.05) is 13.5 Å². The van der Waals surface area contributed by atoms with E-state index in [4.69, 9.17) is 15.6 Å². The number of amides is 1. The average Bonchev–Trinajstić information content (AvgIpc) is 2.71. The van der Waals surface area contributed by atoms with Crippen molar-refractivity contribution >= 4 is 11.9 Å². The minimum Gasteiger partial charge on any atom is -0.481 e. The number of aliphatic hydroxyl groups is 1. The van der Waals surface area contributed by atoms with Gasteiger partial charge in [-0.1, -0.05) is 64.8 Å². The first-order valence-electron chi connectivity index (χ1n) is 11.4. The van der Waals surface area contributed by atoms with E-state index in [2.05, 4.69) is 57.3 Å². The number of aliphatic carboxylic acids is 1. The molecule has 6 nitrogen and oxygen atoms in total. The number of hydrogen-bond donors (Lipinski definition) is 4. The van der Waals surface area contributed by atoms with Gasteiger partial charge >= 0.3 is 0 Å². The Morgan fingerprint density at radius 3 is 2.26 bits per heavy atom. The second-order valence-corrected chi connectivity index (χ2v) is 9.65. The van der Waals surface area contributed by atoms with Crippen LogP contribution >= 0.6 is 0 Å². The Labute approximate surface area is 187 Å². The van der Waals surface area contributed by atoms with Crippen LogP contribution in [0.15, 0.2) is 24.3 Å². The van der Waals surface area contributed by atoms with Gasteiger partial charge in [-0.15, -0.1) is 0 Å². The van der Waals surface area contributed by atoms with Gasteiger partial charge in [0.15, 0.2) is 0 Å². The molecule has 6 heteroatoms. The molecule has 1 aromatic rings. The summed E-state index contributed by atoms with van der Waals surface area (Å²) in [4.78, 5) is 21.2. The third-order valence-corrected chi connectivity index (χ3v) is 6.77. The molecule has 0 aliphatic heterocycles. The second-order valence-electron chi connectivity index (χ2n) is 9.65. The van der Waals surface area contributed by atoms with Crippen molar-refractivity contribution in [2.24, 2.45) is 17.6 Å². The molecule has 2 rings (SSSR count). The fourth-order valence-corrected chi connectivity index (χ4v) is 4.15. The normalized spacial score (nSPS) is 20.9. The van der Waals surface area contributed by atoms with Crippen molar-refractivity contribution in [3.63, 3.8) is 0 Å². The Hall–Kier alpha value is -1.92. The lowest BCUT2D eigenvalue weighted by atomic mass is 9.67. The van der Waals surface area contributed by atoms with Crippen LogP contribution in [0, 0.1) is 11.8 Å². The summed E-state index contributed by atoms with van der Waals surface area (Å²) in [5.74, 6) is 0.318. The van der Waals surface area contributed by atoms with Crippen LogP contribution in [-0.2, 0) is 15.0 Å². The van der Waals surface area contributed by atoms with Crippen LogP contribution in [0.4, 0.5) is 0 Å². The summed E-state index contributed by atoms with van der Waals surface area (Å²) in [6, 6.07) is 7.99. The standard InChI is InChI=1S/C23H38N2O2.C2H4O2/c1-15(2)23(4,5)20-13-9-8-12-19(20)18-11-7-6-10-17(18)14-25-22(27)21(24)16(3)26;1-2(3)4/h8-9,12-13,15-18,21,26H,6-7,10-11,14,24H2,1-5H3,(H,25,27);1H3,(H,3,4)/t16-,17?,18?,21+;/m1./s1. The SMILES string of the molecule is CC(=O)O.CC(C)C(C)(C)c1ccccc1C1CCCCC1CNC(=O)[C@@H](N)[C@@H](C)O. The molecule has 1 aromatic carbocycles. The molecular weight excluding hydrogens is 392 g/mol. The summed E-state index contributed by atoms with van der Waals surface area (Å²) in [5.41, 5.74) is 8.76. The Morgan fingerprint density at radius 1 is 1.16 bits per heavy atom. The van der Waals surface area contributed by atoms with E-state index in [1.54, 1.807) is 6.92 Å². The minimum atomic E-state index is -0.862. The van der Waals surface area contributed by atoms with Gasteiger partial charge in [-0.3, -0.25) is 9.59 Å². The molecule has 0 heterocycles. The van der Waals surface area contributed by atoms with Crippen molar-refractivity contribution in [1.29, 1.82) is 0 Å². The lowest BCUT2D eigenvalue weighted by Gasteiger charge is -2.38. The average molecular weight is 435 g/mol. The smallest absolute Gasteiger partial charge is 0.300 e. The first-order valence-corrected chi connectivity index (χ1v) is 11.4. The third-order valence-electron chi connectivity index (χ3n) is 6.77. The lowest BCUT2D eigenvalue weighted by molar-refractivity contribution is -0.134. The number of carbonyl (C=O) groups is 2. The van der Waals surface area contributed by atoms with Crippen molar-refractivity contribution in [3.8, 4) is 0 Å². The van der Waals surface area contributed by atoms with Crippen molar-refractivity contribution in [3.05, 3.63) is 35.4 Å². The number of nitrogens with two attached hydrogens (primary N) is 1. The second kappa shape index (κ2) is 12.2. The van der Waals surface area contributed by atoms with Crippen LogP contribution in [0.3, 0.4) is 0 Å². The van der Waals surface area contributed by atoms with Crippen LogP contribution in [0.5, 0.6) is 0 Å². The van der Waals surface area contributed by atoms with Gasteiger partial charge < -0.3 is 21.3 Å². The first kappa shape index (κ1) is 27.1. The number of rotatable bonds is 7. The topological polar surface area (TPSA) is 113 Å². The molecule has 1 aliphatic carbocycles. The third kappa shape index (κ3) is 7.93. The summed E-state index contributed by atoms with van der Waals surface area (Å²) >= 11 is 0. The molecule has 1 amide bonds. The highest BCUT2D eigenvalue weighted by Gasteiger charge is 2.33. The fraction of sp³-hybridized carbons (Fsp3) is 0.680. The zero-order chi connectivity index (χ0) is 23.8. The molecule has 4 atom stereocenters. The molecule has 0 radical (unpaired) electrons. The predicted octanol–water partition coefficient (Wildman–Crippen LogP) is 3.81. The number of hydrogen-bond acceptors (Lipinski definition) is 4. The van der Waals surface area contributed by atoms with Gasteiger partial charge in [0.1, 0.15) is 6.04 Å². The minimum absolute atomic E-state index is 0.108. The van der Waals surface area contributed by atoms with Crippen LogP contribution in [0.2, 0.25) is 0 Å². The summed E-state index contributed by atoms with van der Waals surface area (Å²) in [6.45, 7) is 12.5. The Bertz CT molecular complexity index is 711. The molecule has 31 heavy (non-hydrogen) atoms. The number of aliphatic hydroxyl groups excluding tert-OH is 1. The molecule has 1 fully saturated rings. The summed E-state index contributed by atoms with van der Waals surface area (Å²) in [7, 11) is 0. The number of carbonyl (C=O) groups excluding carboxylic acids is 1. The summed E-state index contributed by atoms with van der Waals surface area (Å²) < 4.78 is 0. The van der Waals surface area contributed by atoms with Crippen molar-refractivity contribution < 1.29 is 19.8 Å². The quantitative estimate of drug-likeness (QED) is 0.521. The maximum Gasteiger partial charge on any atom is 0.300 e. The Morgan fingerprint density at radius 2 is 1.71 bits per heavy atom. The molecule has 0 saturated heterocycles. The van der Waals surface area contributed by atoms with E-state index < -0.39 is 18.1 Å². The van der Waals surface area contributed by atoms with E-state index in [0.717, 1.165) is 19.8 Å². The lowest BCUT2D eigenvalue weighted by Crippen LogP contribution is -2.48. The van der Waals surface area contributed by atoms with Crippen LogP contribution in [-0.4, -0.2) is 40.8 Å². The van der Waals surface area contributed by atoms with Gasteiger partial charge in [0.05, 0.1) is 6.10 Å². The van der Waals surface area contributed by atoms with Crippen LogP contribution in [0.1, 0.15) is 84.3 Å². The zero-order valence-corrected chi connectivity index (χ0v) is 20.0. The Balaban J connectivity index is 0.00000110. The van der Waals surface area contributed by atoms with Gasteiger partial charge in [-0.25, -0.2) is 0 Å². The molecule has 1 saturated carbocycles. The number of nitrogens with one attached hydrogen (secondary N) is 1. The van der Waals surface area contributed by atoms with Gasteiger partial charge in [-0.2, -0.15) is 0 Å². The molecule has 2 unspecified atom stereocenters. The van der Waals surface area contributed by atoms with Gasteiger partial charge in [0.25, 0.3) is 5.97 Å². The van der Waals surface area contributed by atoms with Gasteiger partial charge in [-0.05, 0) is 54.1 Å². The van der Waals surface area contributed by atoms with Gasteiger partial charge in [0.2, 0.25) is 5.91 Å². The number of carboxylic acids is 1. The monoisotopic (exact) mass is 434 g/mol. The highest BCUT2D eigenvalue weighted by molar-refractivity contribution is 5.82. The van der Waals surface area contributed by atoms with E-state index in [9.17, 15) is 9.90 Å². The highest BCUT2D eigenvalue weighted by Crippen LogP contribution is 2.43. The van der Waals surface area contributed by atoms with E-state index >= 15 is 0 Å². The van der Waals surface area contributed by atoms with Crippen molar-refractivity contribution in [2.45, 2.75) is 90.7 Å². The largest absolute Gasteiger partial charge is 0.481 e. The molecule has 0 bridgehead atoms. The summed E-state index contributed by atoms with van der Waals surface area (Å²) in [6.07, 6.45) is 3.88. The first-order chi connectivity index (χ1) is 14.4. The molecule has 0 aromatic heterocycles. The predicted molar refractivity (Wildman–Crippen MR) is 125 cm³/mol. The molecule has 176 valence electrons. The maximum atomic E-state index is 12.2. The summed E-state index contributed by atoms with van der Waals surface area (Å²) in [5, 5.41) is 20.0. The molecule has 0 spiro atoms. The zero-order valence-electron chi connectivity index (χ0n) is 20.0. The van der Waals surface area contributed by atoms with Crippen molar-refractivity contribution in [1.82, 2.24) is 5.32 Å².